The fourth-order valence-corrected chi connectivity index (χ4v) is 3.03. The Balaban J connectivity index is 2.02. The van der Waals surface area contributed by atoms with Gasteiger partial charge in [0.25, 0.3) is 0 Å². The van der Waals surface area contributed by atoms with Crippen LogP contribution in [-0.2, 0) is 0 Å². The van der Waals surface area contributed by atoms with E-state index in [-0.39, 0.29) is 11.8 Å². The number of hydrogen-bond acceptors (Lipinski definition) is 3. The van der Waals surface area contributed by atoms with Crippen molar-refractivity contribution in [3.63, 3.8) is 0 Å². The van der Waals surface area contributed by atoms with E-state index in [1.54, 1.807) is 0 Å². The highest BCUT2D eigenvalue weighted by Crippen LogP contribution is 2.40. The summed E-state index contributed by atoms with van der Waals surface area (Å²) in [5.74, 6) is 0.492. The molecule has 0 bridgehead atoms. The normalized spacial score (nSPS) is 27.0. The molecule has 1 aromatic carbocycles. The van der Waals surface area contributed by atoms with Crippen molar-refractivity contribution in [2.45, 2.75) is 39.2 Å². The smallest absolute Gasteiger partial charge is 0.205 e. The van der Waals surface area contributed by atoms with Gasteiger partial charge in [0.1, 0.15) is 5.58 Å². The maximum Gasteiger partial charge on any atom is 0.205 e. The molecule has 0 radical (unpaired) electrons. The predicted molar refractivity (Wildman–Crippen MR) is 75.2 cm³/mol. The van der Waals surface area contributed by atoms with Gasteiger partial charge in [-0.2, -0.15) is 0 Å². The summed E-state index contributed by atoms with van der Waals surface area (Å²) < 4.78 is 5.71. The van der Waals surface area contributed by atoms with Gasteiger partial charge in [0.2, 0.25) is 5.78 Å². The number of fused-ring (bicyclic) bond motifs is 1. The van der Waals surface area contributed by atoms with E-state index in [1.807, 2.05) is 38.1 Å². The summed E-state index contributed by atoms with van der Waals surface area (Å²) in [6, 6.07) is 7.73. The Morgan fingerprint density at radius 2 is 2.21 bits per heavy atom. The Morgan fingerprint density at radius 3 is 2.89 bits per heavy atom. The first-order valence-electron chi connectivity index (χ1n) is 6.81. The Morgan fingerprint density at radius 1 is 1.42 bits per heavy atom. The molecule has 0 saturated heterocycles. The van der Waals surface area contributed by atoms with Gasteiger partial charge < -0.3 is 10.2 Å². The quantitative estimate of drug-likeness (QED) is 0.838. The van der Waals surface area contributed by atoms with Crippen LogP contribution in [0.5, 0.6) is 0 Å². The van der Waals surface area contributed by atoms with Gasteiger partial charge in [-0.15, -0.1) is 0 Å². The molecule has 19 heavy (non-hydrogen) atoms. The lowest BCUT2D eigenvalue weighted by molar-refractivity contribution is 0.0774. The van der Waals surface area contributed by atoms with Crippen LogP contribution >= 0.6 is 0 Å². The van der Waals surface area contributed by atoms with Gasteiger partial charge in [0.05, 0.1) is 0 Å². The van der Waals surface area contributed by atoms with E-state index < -0.39 is 5.41 Å². The number of Topliss-reactive ketones (excluding diaryl/α,β-unsaturated/α-hetero) is 1. The van der Waals surface area contributed by atoms with Crippen LogP contribution in [0.15, 0.2) is 28.7 Å². The number of nitrogens with two attached hydrogens (primary N) is 1. The second kappa shape index (κ2) is 4.20. The highest BCUT2D eigenvalue weighted by atomic mass is 16.3. The molecule has 2 aromatic rings. The molecule has 2 N–H and O–H groups in total. The fourth-order valence-electron chi connectivity index (χ4n) is 3.03. The molecule has 100 valence electrons. The van der Waals surface area contributed by atoms with Crippen molar-refractivity contribution in [1.29, 1.82) is 0 Å². The number of carbonyl (C=O) groups excluding carboxylic acids is 1. The molecule has 2 unspecified atom stereocenters. The number of hydrogen-bond donors (Lipinski definition) is 1. The maximum atomic E-state index is 12.7. The molecule has 3 nitrogen and oxygen atoms in total. The van der Waals surface area contributed by atoms with Crippen molar-refractivity contribution in [3.05, 3.63) is 35.6 Å². The van der Waals surface area contributed by atoms with Crippen LogP contribution in [0.25, 0.3) is 11.0 Å². The molecule has 0 spiro atoms. The maximum absolute atomic E-state index is 12.7. The van der Waals surface area contributed by atoms with Crippen LogP contribution in [0.3, 0.4) is 0 Å². The average Bonchev–Trinajstić information content (AvgIpc) is 2.93. The molecule has 0 aliphatic heterocycles. The third-order valence-electron chi connectivity index (χ3n) is 4.44. The second-order valence-corrected chi connectivity index (χ2v) is 5.90. The molecule has 1 heterocycles. The minimum Gasteiger partial charge on any atom is -0.453 e. The van der Waals surface area contributed by atoms with Crippen molar-refractivity contribution in [3.8, 4) is 0 Å². The van der Waals surface area contributed by atoms with Crippen molar-refractivity contribution in [1.82, 2.24) is 0 Å². The van der Waals surface area contributed by atoms with Crippen LogP contribution in [0.4, 0.5) is 0 Å². The minimum atomic E-state index is -0.469. The van der Waals surface area contributed by atoms with Gasteiger partial charge in [-0.05, 0) is 38.0 Å². The summed E-state index contributed by atoms with van der Waals surface area (Å²) in [6.45, 7) is 3.99. The first-order valence-corrected chi connectivity index (χ1v) is 6.81. The summed E-state index contributed by atoms with van der Waals surface area (Å²) in [7, 11) is 0. The first kappa shape index (κ1) is 12.4. The van der Waals surface area contributed by atoms with Gasteiger partial charge in [0.15, 0.2) is 5.76 Å². The standard InChI is InChI=1S/C16H19NO2/c1-10-5-6-12-11(8-10)9-13(19-12)15(18)16(2)7-3-4-14(16)17/h5-6,8-9,14H,3-4,7,17H2,1-2H3. The third-order valence-corrected chi connectivity index (χ3v) is 4.44. The zero-order valence-electron chi connectivity index (χ0n) is 11.4. The van der Waals surface area contributed by atoms with Gasteiger partial charge in [0, 0.05) is 16.8 Å². The summed E-state index contributed by atoms with van der Waals surface area (Å²) in [5, 5.41) is 0.985. The number of furan rings is 1. The van der Waals surface area contributed by atoms with Crippen molar-refractivity contribution in [2.75, 3.05) is 0 Å². The van der Waals surface area contributed by atoms with Crippen LogP contribution < -0.4 is 5.73 Å². The molecule has 3 heteroatoms. The summed E-state index contributed by atoms with van der Waals surface area (Å²) in [4.78, 5) is 12.7. The molecule has 1 saturated carbocycles. The number of ketones is 1. The van der Waals surface area contributed by atoms with Crippen molar-refractivity contribution >= 4 is 16.8 Å². The summed E-state index contributed by atoms with van der Waals surface area (Å²) in [5.41, 5.74) is 7.57. The monoisotopic (exact) mass is 257 g/mol. The predicted octanol–water partition coefficient (Wildman–Crippen LogP) is 3.44. The van der Waals surface area contributed by atoms with Crippen LogP contribution in [-0.4, -0.2) is 11.8 Å². The van der Waals surface area contributed by atoms with Crippen molar-refractivity contribution < 1.29 is 9.21 Å². The Bertz CT molecular complexity index is 643. The van der Waals surface area contributed by atoms with Crippen LogP contribution in [0, 0.1) is 12.3 Å². The van der Waals surface area contributed by atoms with E-state index in [0.29, 0.717) is 5.76 Å². The van der Waals surface area contributed by atoms with E-state index in [1.165, 1.54) is 0 Å². The summed E-state index contributed by atoms with van der Waals surface area (Å²) in [6.07, 6.45) is 2.79. The van der Waals surface area contributed by atoms with Crippen LogP contribution in [0.1, 0.15) is 42.3 Å². The van der Waals surface area contributed by atoms with E-state index in [9.17, 15) is 4.79 Å². The zero-order valence-corrected chi connectivity index (χ0v) is 11.4. The Hall–Kier alpha value is -1.61. The highest BCUT2D eigenvalue weighted by molar-refractivity contribution is 6.01. The molecule has 1 aliphatic rings. The molecule has 0 amide bonds. The fraction of sp³-hybridized carbons (Fsp3) is 0.438. The lowest BCUT2D eigenvalue weighted by Gasteiger charge is -2.25. The Labute approximate surface area is 112 Å². The van der Waals surface area contributed by atoms with Gasteiger partial charge in [-0.25, -0.2) is 0 Å². The summed E-state index contributed by atoms with van der Waals surface area (Å²) >= 11 is 0. The molecular weight excluding hydrogens is 238 g/mol. The van der Waals surface area contributed by atoms with Gasteiger partial charge in [-0.3, -0.25) is 4.79 Å². The number of benzene rings is 1. The van der Waals surface area contributed by atoms with Gasteiger partial charge >= 0.3 is 0 Å². The Kier molecular flexibility index (Phi) is 2.75. The van der Waals surface area contributed by atoms with Gasteiger partial charge in [-0.1, -0.05) is 25.0 Å². The number of rotatable bonds is 2. The number of aryl methyl sites for hydroxylation is 1. The lowest BCUT2D eigenvalue weighted by atomic mass is 9.80. The average molecular weight is 257 g/mol. The molecule has 3 rings (SSSR count). The third kappa shape index (κ3) is 1.89. The minimum absolute atomic E-state index is 0.0475. The first-order chi connectivity index (χ1) is 9.00. The molecule has 2 atom stereocenters. The van der Waals surface area contributed by atoms with E-state index in [0.717, 1.165) is 35.8 Å². The number of carbonyl (C=O) groups is 1. The topological polar surface area (TPSA) is 56.2 Å². The second-order valence-electron chi connectivity index (χ2n) is 5.90. The molecule has 1 fully saturated rings. The largest absolute Gasteiger partial charge is 0.453 e. The van der Waals surface area contributed by atoms with Crippen LogP contribution in [0.2, 0.25) is 0 Å². The molecule has 1 aromatic heterocycles. The molecular formula is C16H19NO2. The zero-order chi connectivity index (χ0) is 13.6. The van der Waals surface area contributed by atoms with E-state index in [4.69, 9.17) is 10.2 Å². The van der Waals surface area contributed by atoms with E-state index in [2.05, 4.69) is 0 Å². The van der Waals surface area contributed by atoms with E-state index >= 15 is 0 Å². The lowest BCUT2D eigenvalue weighted by Crippen LogP contribution is -2.41. The van der Waals surface area contributed by atoms with Crippen molar-refractivity contribution in [2.24, 2.45) is 11.1 Å². The highest BCUT2D eigenvalue weighted by Gasteiger charge is 2.44. The molecule has 1 aliphatic carbocycles. The SMILES string of the molecule is Cc1ccc2oc(C(=O)C3(C)CCCC3N)cc2c1.